The van der Waals surface area contributed by atoms with E-state index in [-0.39, 0.29) is 11.0 Å². The Hall–Kier alpha value is -2.02. The van der Waals surface area contributed by atoms with Crippen LogP contribution in [0.4, 0.5) is 0 Å². The molecular formula is C23H24N2O2S2. The molecule has 0 amide bonds. The maximum Gasteiger partial charge on any atom is 0.198 e. The molecule has 1 atom stereocenters. The molecule has 1 N–H and O–H groups in total. The zero-order valence-corrected chi connectivity index (χ0v) is 18.4. The lowest BCUT2D eigenvalue weighted by Crippen LogP contribution is -2.19. The van der Waals surface area contributed by atoms with Gasteiger partial charge < -0.3 is 5.11 Å². The predicted molar refractivity (Wildman–Crippen MR) is 118 cm³/mol. The zero-order valence-electron chi connectivity index (χ0n) is 16.8. The molecule has 0 radical (unpaired) electrons. The van der Waals surface area contributed by atoms with Crippen LogP contribution in [0.5, 0.6) is 0 Å². The highest BCUT2D eigenvalue weighted by Gasteiger charge is 2.22. The summed E-state index contributed by atoms with van der Waals surface area (Å²) in [6.45, 7) is 5.80. The van der Waals surface area contributed by atoms with Crippen molar-refractivity contribution in [1.82, 2.24) is 9.97 Å². The van der Waals surface area contributed by atoms with Gasteiger partial charge in [0.25, 0.3) is 0 Å². The number of rotatable bonds is 6. The average Bonchev–Trinajstić information content (AvgIpc) is 3.31. The van der Waals surface area contributed by atoms with Crippen LogP contribution >= 0.6 is 23.1 Å². The molecule has 3 aromatic rings. The van der Waals surface area contributed by atoms with Crippen molar-refractivity contribution in [2.45, 2.75) is 56.4 Å². The van der Waals surface area contributed by atoms with Crippen LogP contribution in [0, 0.1) is 0 Å². The van der Waals surface area contributed by atoms with E-state index >= 15 is 0 Å². The largest absolute Gasteiger partial charge is 0.390 e. The second-order valence-corrected chi connectivity index (χ2v) is 10.2. The number of hydrogen-bond donors (Lipinski definition) is 1. The summed E-state index contributed by atoms with van der Waals surface area (Å²) >= 11 is 2.99. The van der Waals surface area contributed by atoms with Crippen molar-refractivity contribution >= 4 is 28.2 Å². The summed E-state index contributed by atoms with van der Waals surface area (Å²) in [5.41, 5.74) is 4.51. The van der Waals surface area contributed by atoms with E-state index in [2.05, 4.69) is 41.6 Å². The van der Waals surface area contributed by atoms with Crippen LogP contribution in [0.3, 0.4) is 0 Å². The number of benzene rings is 1. The van der Waals surface area contributed by atoms with Gasteiger partial charge in [-0.3, -0.25) is 9.78 Å². The number of aryl methyl sites for hydroxylation is 1. The molecule has 1 aliphatic rings. The van der Waals surface area contributed by atoms with Crippen LogP contribution < -0.4 is 0 Å². The van der Waals surface area contributed by atoms with Crippen molar-refractivity contribution in [2.75, 3.05) is 0 Å². The Balaban J connectivity index is 1.48. The molecule has 0 bridgehead atoms. The van der Waals surface area contributed by atoms with Gasteiger partial charge in [-0.2, -0.15) is 0 Å². The summed E-state index contributed by atoms with van der Waals surface area (Å²) in [7, 11) is 0. The van der Waals surface area contributed by atoms with Gasteiger partial charge in [0.2, 0.25) is 0 Å². The van der Waals surface area contributed by atoms with Crippen molar-refractivity contribution in [3.63, 3.8) is 0 Å². The standard InChI is InChI=1S/C23H24N2O2S2/c1-14(16-5-6-17-11-21(26)29-20(17)10-16)22-25-19(13-28-22)18-7-4-15(12-24-18)8-9-23(2,3)27/h4-7,10,12-14,27H,8-9,11H2,1-3H3. The topological polar surface area (TPSA) is 63.1 Å². The van der Waals surface area contributed by atoms with Crippen LogP contribution in [0.25, 0.3) is 11.4 Å². The Labute approximate surface area is 179 Å². The molecule has 2 aromatic heterocycles. The van der Waals surface area contributed by atoms with Crippen molar-refractivity contribution in [3.8, 4) is 11.4 Å². The fourth-order valence-electron chi connectivity index (χ4n) is 3.32. The highest BCUT2D eigenvalue weighted by molar-refractivity contribution is 8.14. The first kappa shape index (κ1) is 20.3. The van der Waals surface area contributed by atoms with Crippen LogP contribution in [0.1, 0.15) is 54.8 Å². The number of carbonyl (C=O) groups excluding carboxylic acids is 1. The van der Waals surface area contributed by atoms with Crippen molar-refractivity contribution < 1.29 is 9.90 Å². The first-order valence-corrected chi connectivity index (χ1v) is 11.4. The van der Waals surface area contributed by atoms with Gasteiger partial charge in [-0.25, -0.2) is 4.98 Å². The smallest absolute Gasteiger partial charge is 0.198 e. The first-order valence-electron chi connectivity index (χ1n) is 9.75. The van der Waals surface area contributed by atoms with Gasteiger partial charge in [-0.05, 0) is 55.5 Å². The number of fused-ring (bicyclic) bond motifs is 1. The Bertz CT molecular complexity index is 1040. The number of thiazole rings is 1. The lowest BCUT2D eigenvalue weighted by molar-refractivity contribution is -0.110. The maximum absolute atomic E-state index is 11.7. The molecule has 0 spiro atoms. The van der Waals surface area contributed by atoms with Crippen molar-refractivity contribution in [1.29, 1.82) is 0 Å². The molecule has 4 nitrogen and oxygen atoms in total. The molecule has 4 rings (SSSR count). The molecule has 150 valence electrons. The number of aromatic nitrogens is 2. The molecule has 0 saturated carbocycles. The van der Waals surface area contributed by atoms with E-state index < -0.39 is 5.60 Å². The molecule has 1 aromatic carbocycles. The van der Waals surface area contributed by atoms with Gasteiger partial charge >= 0.3 is 0 Å². The number of aliphatic hydroxyl groups is 1. The lowest BCUT2D eigenvalue weighted by atomic mass is 9.99. The zero-order chi connectivity index (χ0) is 20.6. The summed E-state index contributed by atoms with van der Waals surface area (Å²) in [5, 5.41) is 13.2. The Kier molecular flexibility index (Phi) is 5.60. The molecule has 1 unspecified atom stereocenters. The minimum absolute atomic E-state index is 0.168. The summed E-state index contributed by atoms with van der Waals surface area (Å²) in [6.07, 6.45) is 3.91. The third kappa shape index (κ3) is 4.77. The lowest BCUT2D eigenvalue weighted by Gasteiger charge is -2.16. The average molecular weight is 425 g/mol. The Morgan fingerprint density at radius 2 is 2.03 bits per heavy atom. The third-order valence-electron chi connectivity index (χ3n) is 5.15. The summed E-state index contributed by atoms with van der Waals surface area (Å²) < 4.78 is 0. The number of pyridine rings is 1. The number of nitrogens with zero attached hydrogens (tertiary/aromatic N) is 2. The van der Waals surface area contributed by atoms with Crippen molar-refractivity contribution in [3.05, 3.63) is 63.6 Å². The molecule has 0 saturated heterocycles. The summed E-state index contributed by atoms with van der Waals surface area (Å²) in [4.78, 5) is 22.1. The van der Waals surface area contributed by atoms with Gasteiger partial charge in [-0.15, -0.1) is 11.3 Å². The predicted octanol–water partition coefficient (Wildman–Crippen LogP) is 5.24. The Morgan fingerprint density at radius 1 is 1.21 bits per heavy atom. The maximum atomic E-state index is 11.7. The van der Waals surface area contributed by atoms with Crippen LogP contribution in [0.15, 0.2) is 46.8 Å². The normalized spacial score (nSPS) is 14.8. The van der Waals surface area contributed by atoms with E-state index in [1.54, 1.807) is 11.3 Å². The fraction of sp³-hybridized carbons (Fsp3) is 0.348. The molecule has 1 aliphatic heterocycles. The van der Waals surface area contributed by atoms with E-state index in [4.69, 9.17) is 4.98 Å². The van der Waals surface area contributed by atoms with Crippen LogP contribution in [-0.4, -0.2) is 25.8 Å². The Morgan fingerprint density at radius 3 is 2.76 bits per heavy atom. The van der Waals surface area contributed by atoms with Gasteiger partial charge in [0.15, 0.2) is 5.12 Å². The minimum atomic E-state index is -0.665. The monoisotopic (exact) mass is 424 g/mol. The van der Waals surface area contributed by atoms with E-state index in [0.717, 1.165) is 38.8 Å². The molecule has 29 heavy (non-hydrogen) atoms. The summed E-state index contributed by atoms with van der Waals surface area (Å²) in [5.74, 6) is 0.168. The third-order valence-corrected chi connectivity index (χ3v) is 7.15. The number of carbonyl (C=O) groups is 1. The van der Waals surface area contributed by atoms with Gasteiger partial charge in [0.1, 0.15) is 5.01 Å². The highest BCUT2D eigenvalue weighted by atomic mass is 32.2. The minimum Gasteiger partial charge on any atom is -0.390 e. The molecular weight excluding hydrogens is 400 g/mol. The number of hydrogen-bond acceptors (Lipinski definition) is 6. The first-order chi connectivity index (χ1) is 13.8. The van der Waals surface area contributed by atoms with Crippen molar-refractivity contribution in [2.24, 2.45) is 0 Å². The molecule has 0 aliphatic carbocycles. The highest BCUT2D eigenvalue weighted by Crippen LogP contribution is 2.37. The van der Waals surface area contributed by atoms with Crippen LogP contribution in [-0.2, 0) is 17.6 Å². The fourth-order valence-corrected chi connectivity index (χ4v) is 5.15. The van der Waals surface area contributed by atoms with E-state index in [1.165, 1.54) is 17.3 Å². The molecule has 3 heterocycles. The van der Waals surface area contributed by atoms with E-state index in [0.29, 0.717) is 12.8 Å². The summed E-state index contributed by atoms with van der Waals surface area (Å²) in [6, 6.07) is 10.4. The SMILES string of the molecule is CC(c1ccc2c(c1)SC(=O)C2)c1nc(-c2ccc(CCC(C)(C)O)cn2)cs1. The van der Waals surface area contributed by atoms with Gasteiger partial charge in [-0.1, -0.05) is 36.9 Å². The molecule has 6 heteroatoms. The molecule has 0 fully saturated rings. The van der Waals surface area contributed by atoms with Crippen LogP contribution in [0.2, 0.25) is 0 Å². The van der Waals surface area contributed by atoms with E-state index in [9.17, 15) is 9.90 Å². The number of thioether (sulfide) groups is 1. The van der Waals surface area contributed by atoms with Gasteiger partial charge in [0.05, 0.1) is 17.0 Å². The van der Waals surface area contributed by atoms with Gasteiger partial charge in [0, 0.05) is 28.8 Å². The second-order valence-electron chi connectivity index (χ2n) is 8.17. The quantitative estimate of drug-likeness (QED) is 0.587. The second kappa shape index (κ2) is 8.01. The van der Waals surface area contributed by atoms with E-state index in [1.807, 2.05) is 26.1 Å².